The van der Waals surface area contributed by atoms with Crippen LogP contribution < -0.4 is 10.6 Å². The molecule has 0 aliphatic carbocycles. The molecule has 1 fully saturated rings. The number of rotatable bonds is 7. The van der Waals surface area contributed by atoms with E-state index in [0.29, 0.717) is 18.7 Å². The van der Waals surface area contributed by atoms with Gasteiger partial charge in [0.05, 0.1) is 18.0 Å². The Morgan fingerprint density at radius 3 is 2.27 bits per heavy atom. The van der Waals surface area contributed by atoms with Crippen molar-refractivity contribution in [3.8, 4) is 0 Å². The van der Waals surface area contributed by atoms with E-state index in [1.807, 2.05) is 13.0 Å². The molecule has 1 saturated heterocycles. The number of carbonyl (C=O) groups excluding carboxylic acids is 2. The average Bonchev–Trinajstić information content (AvgIpc) is 2.75. The van der Waals surface area contributed by atoms with Crippen molar-refractivity contribution >= 4 is 27.5 Å². The standard InChI is InChI=1S/C22H26F2N4O4S/c1-15-3-6-20(16(2)11-15)33(31,32)28-9-7-27(8-10-28)14-22(30)25-13-21(29)26-17-4-5-18(23)19(24)12-17/h3-6,11-12H,7-10,13-14H2,1-2H3,(H,25,30)(H,26,29). The molecule has 0 saturated carbocycles. The number of aryl methyl sites for hydroxylation is 2. The molecule has 0 aromatic heterocycles. The van der Waals surface area contributed by atoms with Crippen molar-refractivity contribution in [3.63, 3.8) is 0 Å². The Labute approximate surface area is 191 Å². The first-order valence-corrected chi connectivity index (χ1v) is 11.8. The quantitative estimate of drug-likeness (QED) is 0.628. The molecular formula is C22H26F2N4O4S. The highest BCUT2D eigenvalue weighted by Crippen LogP contribution is 2.22. The zero-order valence-corrected chi connectivity index (χ0v) is 19.2. The van der Waals surface area contributed by atoms with Crippen molar-refractivity contribution in [1.29, 1.82) is 0 Å². The fourth-order valence-electron chi connectivity index (χ4n) is 3.57. The van der Waals surface area contributed by atoms with Crippen LogP contribution in [0.3, 0.4) is 0 Å². The molecule has 1 aliphatic heterocycles. The number of hydrogen-bond acceptors (Lipinski definition) is 5. The van der Waals surface area contributed by atoms with Gasteiger partial charge in [-0.25, -0.2) is 17.2 Å². The summed E-state index contributed by atoms with van der Waals surface area (Å²) in [5.74, 6) is -3.10. The first kappa shape index (κ1) is 24.7. The number of benzene rings is 2. The molecule has 11 heteroatoms. The molecule has 0 unspecified atom stereocenters. The molecule has 0 radical (unpaired) electrons. The van der Waals surface area contributed by atoms with Gasteiger partial charge in [-0.2, -0.15) is 4.31 Å². The second kappa shape index (κ2) is 10.4. The molecule has 1 aliphatic rings. The Bertz CT molecular complexity index is 1150. The summed E-state index contributed by atoms with van der Waals surface area (Å²) in [7, 11) is -3.62. The van der Waals surface area contributed by atoms with Crippen LogP contribution in [0.15, 0.2) is 41.3 Å². The topological polar surface area (TPSA) is 98.8 Å². The number of sulfonamides is 1. The van der Waals surface area contributed by atoms with Gasteiger partial charge in [0.15, 0.2) is 11.6 Å². The minimum Gasteiger partial charge on any atom is -0.346 e. The molecule has 0 spiro atoms. The van der Waals surface area contributed by atoms with Crippen LogP contribution in [0.5, 0.6) is 0 Å². The van der Waals surface area contributed by atoms with Crippen LogP contribution >= 0.6 is 0 Å². The third-order valence-electron chi connectivity index (χ3n) is 5.30. The second-order valence-electron chi connectivity index (χ2n) is 7.90. The minimum atomic E-state index is -3.62. The van der Waals surface area contributed by atoms with E-state index < -0.39 is 33.5 Å². The summed E-state index contributed by atoms with van der Waals surface area (Å²) in [4.78, 5) is 26.2. The van der Waals surface area contributed by atoms with Crippen LogP contribution in [0.25, 0.3) is 0 Å². The van der Waals surface area contributed by atoms with E-state index in [1.165, 1.54) is 10.4 Å². The van der Waals surface area contributed by atoms with Crippen molar-refractivity contribution in [2.75, 3.05) is 44.6 Å². The van der Waals surface area contributed by atoms with Gasteiger partial charge in [-0.05, 0) is 37.6 Å². The molecule has 0 atom stereocenters. The van der Waals surface area contributed by atoms with Crippen molar-refractivity contribution in [2.24, 2.45) is 0 Å². The lowest BCUT2D eigenvalue weighted by atomic mass is 10.2. The third kappa shape index (κ3) is 6.34. The van der Waals surface area contributed by atoms with E-state index in [4.69, 9.17) is 0 Å². The molecule has 2 N–H and O–H groups in total. The number of carbonyl (C=O) groups is 2. The molecule has 178 valence electrons. The van der Waals surface area contributed by atoms with Gasteiger partial charge in [0.1, 0.15) is 0 Å². The maximum Gasteiger partial charge on any atom is 0.243 e. The fraction of sp³-hybridized carbons (Fsp3) is 0.364. The minimum absolute atomic E-state index is 0.00982. The molecule has 2 aromatic carbocycles. The fourth-order valence-corrected chi connectivity index (χ4v) is 5.20. The number of piperazine rings is 1. The number of hydrogen-bond donors (Lipinski definition) is 2. The summed E-state index contributed by atoms with van der Waals surface area (Å²) in [6.45, 7) is 4.59. The van der Waals surface area contributed by atoms with Crippen LogP contribution in [0.4, 0.5) is 14.5 Å². The van der Waals surface area contributed by atoms with Gasteiger partial charge in [-0.15, -0.1) is 0 Å². The zero-order chi connectivity index (χ0) is 24.2. The van der Waals surface area contributed by atoms with Gasteiger partial charge in [-0.3, -0.25) is 14.5 Å². The molecule has 2 aromatic rings. The number of nitrogens with zero attached hydrogens (tertiary/aromatic N) is 2. The van der Waals surface area contributed by atoms with Crippen molar-refractivity contribution in [3.05, 3.63) is 59.2 Å². The molecule has 8 nitrogen and oxygen atoms in total. The van der Waals surface area contributed by atoms with E-state index in [9.17, 15) is 26.8 Å². The van der Waals surface area contributed by atoms with Crippen molar-refractivity contribution < 1.29 is 26.8 Å². The smallest absolute Gasteiger partial charge is 0.243 e. The van der Waals surface area contributed by atoms with E-state index in [1.54, 1.807) is 24.0 Å². The summed E-state index contributed by atoms with van der Waals surface area (Å²) >= 11 is 0. The van der Waals surface area contributed by atoms with Crippen LogP contribution in [0.2, 0.25) is 0 Å². The van der Waals surface area contributed by atoms with Gasteiger partial charge in [0.25, 0.3) is 0 Å². The largest absolute Gasteiger partial charge is 0.346 e. The number of nitrogens with one attached hydrogen (secondary N) is 2. The molecule has 2 amide bonds. The van der Waals surface area contributed by atoms with Gasteiger partial charge in [0.2, 0.25) is 21.8 Å². The average molecular weight is 481 g/mol. The predicted molar refractivity (Wildman–Crippen MR) is 119 cm³/mol. The summed E-state index contributed by atoms with van der Waals surface area (Å²) in [5, 5.41) is 4.83. The summed E-state index contributed by atoms with van der Waals surface area (Å²) in [6, 6.07) is 8.17. The predicted octanol–water partition coefficient (Wildman–Crippen LogP) is 1.64. The Kier molecular flexibility index (Phi) is 7.77. The first-order valence-electron chi connectivity index (χ1n) is 10.4. The highest BCUT2D eigenvalue weighted by molar-refractivity contribution is 7.89. The van der Waals surface area contributed by atoms with E-state index >= 15 is 0 Å². The van der Waals surface area contributed by atoms with Gasteiger partial charge < -0.3 is 10.6 Å². The first-order chi connectivity index (χ1) is 15.6. The van der Waals surface area contributed by atoms with Gasteiger partial charge in [0, 0.05) is 37.9 Å². The Balaban J connectivity index is 1.45. The molecule has 1 heterocycles. The van der Waals surface area contributed by atoms with E-state index in [-0.39, 0.29) is 36.8 Å². The summed E-state index contributed by atoms with van der Waals surface area (Å²) in [6.07, 6.45) is 0. The summed E-state index contributed by atoms with van der Waals surface area (Å²) < 4.78 is 53.5. The molecule has 3 rings (SSSR count). The third-order valence-corrected chi connectivity index (χ3v) is 7.36. The Hall–Kier alpha value is -2.89. The maximum absolute atomic E-state index is 13.2. The lowest BCUT2D eigenvalue weighted by Crippen LogP contribution is -2.51. The monoisotopic (exact) mass is 480 g/mol. The van der Waals surface area contributed by atoms with Crippen molar-refractivity contribution in [2.45, 2.75) is 18.7 Å². The normalized spacial score (nSPS) is 15.3. The SMILES string of the molecule is Cc1ccc(S(=O)(=O)N2CCN(CC(=O)NCC(=O)Nc3ccc(F)c(F)c3)CC2)c(C)c1. The van der Waals surface area contributed by atoms with Crippen LogP contribution in [-0.4, -0.2) is 68.7 Å². The number of amides is 2. The van der Waals surface area contributed by atoms with E-state index in [0.717, 1.165) is 17.7 Å². The van der Waals surface area contributed by atoms with Crippen LogP contribution in [0.1, 0.15) is 11.1 Å². The van der Waals surface area contributed by atoms with E-state index in [2.05, 4.69) is 10.6 Å². The van der Waals surface area contributed by atoms with Gasteiger partial charge in [-0.1, -0.05) is 17.7 Å². The second-order valence-corrected chi connectivity index (χ2v) is 9.81. The van der Waals surface area contributed by atoms with Crippen molar-refractivity contribution in [1.82, 2.24) is 14.5 Å². The molecule has 0 bridgehead atoms. The highest BCUT2D eigenvalue weighted by atomic mass is 32.2. The lowest BCUT2D eigenvalue weighted by Gasteiger charge is -2.33. The highest BCUT2D eigenvalue weighted by Gasteiger charge is 2.30. The Morgan fingerprint density at radius 2 is 1.64 bits per heavy atom. The van der Waals surface area contributed by atoms with Crippen LogP contribution in [0, 0.1) is 25.5 Å². The van der Waals surface area contributed by atoms with Gasteiger partial charge >= 0.3 is 0 Å². The number of anilines is 1. The molecule has 33 heavy (non-hydrogen) atoms. The zero-order valence-electron chi connectivity index (χ0n) is 18.4. The number of halogens is 2. The summed E-state index contributed by atoms with van der Waals surface area (Å²) in [5.41, 5.74) is 1.76. The maximum atomic E-state index is 13.2. The molecular weight excluding hydrogens is 454 g/mol. The lowest BCUT2D eigenvalue weighted by molar-refractivity contribution is -0.125. The Morgan fingerprint density at radius 1 is 0.939 bits per heavy atom. The van der Waals surface area contributed by atoms with Crippen LogP contribution in [-0.2, 0) is 19.6 Å².